The summed E-state index contributed by atoms with van der Waals surface area (Å²) in [4.78, 5) is 11.4. The van der Waals surface area contributed by atoms with Gasteiger partial charge in [-0.1, -0.05) is 48.5 Å². The number of quaternary nitrogens is 1. The Hall–Kier alpha value is -2.13. The van der Waals surface area contributed by atoms with Gasteiger partial charge in [-0.05, 0) is 23.6 Å². The van der Waals surface area contributed by atoms with Crippen molar-refractivity contribution in [1.29, 1.82) is 0 Å². The van der Waals surface area contributed by atoms with Gasteiger partial charge in [-0.2, -0.15) is 0 Å². The molecule has 2 aromatic carbocycles. The van der Waals surface area contributed by atoms with Crippen molar-refractivity contribution in [2.75, 3.05) is 11.9 Å². The lowest BCUT2D eigenvalue weighted by molar-refractivity contribution is -0.353. The summed E-state index contributed by atoms with van der Waals surface area (Å²) >= 11 is 0. The van der Waals surface area contributed by atoms with Crippen molar-refractivity contribution >= 4 is 11.6 Å². The number of rotatable bonds is 4. The molecule has 0 fully saturated rings. The van der Waals surface area contributed by atoms with Gasteiger partial charge in [-0.15, -0.1) is 0 Å². The minimum Gasteiger partial charge on any atom is -0.350 e. The predicted molar refractivity (Wildman–Crippen MR) is 72.1 cm³/mol. The van der Waals surface area contributed by atoms with E-state index in [4.69, 9.17) is 0 Å². The highest BCUT2D eigenvalue weighted by Crippen LogP contribution is 2.18. The molecule has 0 aliphatic rings. The standard InChI is InChI=1S/C15H16N2O/c16-11-15(18)17-14-9-5-4-8-13(14)10-12-6-2-1-3-7-12/h1-9H,10-11,16H2,(H,17,18)/p+1. The van der Waals surface area contributed by atoms with Gasteiger partial charge in [0.05, 0.1) is 0 Å². The molecule has 4 N–H and O–H groups in total. The molecule has 2 rings (SSSR count). The van der Waals surface area contributed by atoms with Crippen molar-refractivity contribution in [1.82, 2.24) is 0 Å². The van der Waals surface area contributed by atoms with Crippen molar-refractivity contribution in [3.05, 3.63) is 65.7 Å². The van der Waals surface area contributed by atoms with Gasteiger partial charge in [0.25, 0.3) is 5.91 Å². The number of carbonyl (C=O) groups excluding carboxylic acids is 1. The van der Waals surface area contributed by atoms with Crippen molar-refractivity contribution in [2.45, 2.75) is 6.42 Å². The van der Waals surface area contributed by atoms with Gasteiger partial charge < -0.3 is 11.1 Å². The highest BCUT2D eigenvalue weighted by molar-refractivity contribution is 5.92. The van der Waals surface area contributed by atoms with E-state index in [0.29, 0.717) is 0 Å². The highest BCUT2D eigenvalue weighted by atomic mass is 16.1. The van der Waals surface area contributed by atoms with Crippen LogP contribution in [0.15, 0.2) is 54.6 Å². The first kappa shape index (κ1) is 12.3. The molecule has 0 spiro atoms. The summed E-state index contributed by atoms with van der Waals surface area (Å²) < 4.78 is 0. The summed E-state index contributed by atoms with van der Waals surface area (Å²) in [6.45, 7) is 0.250. The smallest absolute Gasteiger partial charge is 0.279 e. The molecule has 0 aromatic heterocycles. The third kappa shape index (κ3) is 3.18. The van der Waals surface area contributed by atoms with Crippen LogP contribution >= 0.6 is 0 Å². The van der Waals surface area contributed by atoms with Crippen LogP contribution in [0.4, 0.5) is 5.69 Å². The Balaban J connectivity index is 2.20. The molecule has 0 heterocycles. The Morgan fingerprint density at radius 1 is 1.00 bits per heavy atom. The van der Waals surface area contributed by atoms with Crippen LogP contribution in [0.2, 0.25) is 0 Å². The quantitative estimate of drug-likeness (QED) is 0.836. The molecule has 2 aromatic rings. The lowest BCUT2D eigenvalue weighted by Gasteiger charge is -2.09. The van der Waals surface area contributed by atoms with Gasteiger partial charge in [-0.25, -0.2) is 0 Å². The Kier molecular flexibility index (Phi) is 4.10. The average Bonchev–Trinajstić information content (AvgIpc) is 2.42. The minimum atomic E-state index is -0.0597. The molecule has 18 heavy (non-hydrogen) atoms. The van der Waals surface area contributed by atoms with E-state index in [1.165, 1.54) is 5.56 Å². The molecule has 3 heteroatoms. The number of benzene rings is 2. The first-order valence-electron chi connectivity index (χ1n) is 6.00. The number of amides is 1. The lowest BCUT2D eigenvalue weighted by Crippen LogP contribution is -2.55. The summed E-state index contributed by atoms with van der Waals surface area (Å²) in [5.41, 5.74) is 6.80. The SMILES string of the molecule is [NH3+]CC(=O)Nc1ccccc1Cc1ccccc1. The zero-order valence-electron chi connectivity index (χ0n) is 10.2. The Morgan fingerprint density at radius 2 is 1.67 bits per heavy atom. The number of nitrogens with one attached hydrogen (secondary N) is 1. The molecule has 1 amide bonds. The van der Waals surface area contributed by atoms with Gasteiger partial charge in [0, 0.05) is 5.69 Å². The van der Waals surface area contributed by atoms with Crippen LogP contribution < -0.4 is 11.1 Å². The van der Waals surface area contributed by atoms with Crippen LogP contribution in [0.25, 0.3) is 0 Å². The molecule has 0 radical (unpaired) electrons. The van der Waals surface area contributed by atoms with E-state index in [2.05, 4.69) is 23.2 Å². The monoisotopic (exact) mass is 241 g/mol. The Bertz CT molecular complexity index is 523. The topological polar surface area (TPSA) is 56.7 Å². The van der Waals surface area contributed by atoms with Gasteiger partial charge in [0.15, 0.2) is 6.54 Å². The van der Waals surface area contributed by atoms with E-state index in [9.17, 15) is 4.79 Å². The van der Waals surface area contributed by atoms with E-state index in [1.54, 1.807) is 0 Å². The fraction of sp³-hybridized carbons (Fsp3) is 0.133. The van der Waals surface area contributed by atoms with Crippen LogP contribution in [0, 0.1) is 0 Å². The summed E-state index contributed by atoms with van der Waals surface area (Å²) in [6, 6.07) is 18.1. The van der Waals surface area contributed by atoms with Gasteiger partial charge >= 0.3 is 0 Å². The molecule has 0 atom stereocenters. The van der Waals surface area contributed by atoms with E-state index >= 15 is 0 Å². The average molecular weight is 241 g/mol. The zero-order chi connectivity index (χ0) is 12.8. The first-order chi connectivity index (χ1) is 8.79. The summed E-state index contributed by atoms with van der Waals surface area (Å²) in [5, 5.41) is 2.88. The lowest BCUT2D eigenvalue weighted by atomic mass is 10.0. The maximum Gasteiger partial charge on any atom is 0.279 e. The molecule has 0 aliphatic carbocycles. The van der Waals surface area contributed by atoms with Crippen LogP contribution in [-0.4, -0.2) is 12.5 Å². The zero-order valence-corrected chi connectivity index (χ0v) is 10.2. The largest absolute Gasteiger partial charge is 0.350 e. The fourth-order valence-corrected chi connectivity index (χ4v) is 1.82. The van der Waals surface area contributed by atoms with Crippen LogP contribution in [0.1, 0.15) is 11.1 Å². The van der Waals surface area contributed by atoms with Gasteiger partial charge in [-0.3, -0.25) is 4.79 Å². The van der Waals surface area contributed by atoms with Crippen molar-refractivity contribution in [3.8, 4) is 0 Å². The minimum absolute atomic E-state index is 0.0597. The molecular weight excluding hydrogens is 224 g/mol. The molecule has 0 saturated carbocycles. The van der Waals surface area contributed by atoms with Crippen LogP contribution in [-0.2, 0) is 11.2 Å². The van der Waals surface area contributed by atoms with Gasteiger partial charge in [0.2, 0.25) is 0 Å². The number of hydrogen-bond acceptors (Lipinski definition) is 1. The second-order valence-electron chi connectivity index (χ2n) is 4.12. The number of anilines is 1. The molecule has 0 unspecified atom stereocenters. The van der Waals surface area contributed by atoms with E-state index in [-0.39, 0.29) is 12.5 Å². The Morgan fingerprint density at radius 3 is 2.39 bits per heavy atom. The molecule has 92 valence electrons. The third-order valence-electron chi connectivity index (χ3n) is 2.76. The Labute approximate surface area is 107 Å². The van der Waals surface area contributed by atoms with Crippen molar-refractivity contribution in [2.24, 2.45) is 0 Å². The number of para-hydroxylation sites is 1. The second kappa shape index (κ2) is 5.98. The van der Waals surface area contributed by atoms with Crippen molar-refractivity contribution < 1.29 is 10.5 Å². The van der Waals surface area contributed by atoms with Gasteiger partial charge in [0.1, 0.15) is 0 Å². The maximum atomic E-state index is 11.4. The molecule has 3 nitrogen and oxygen atoms in total. The summed E-state index contributed by atoms with van der Waals surface area (Å²) in [5.74, 6) is -0.0597. The third-order valence-corrected chi connectivity index (χ3v) is 2.76. The van der Waals surface area contributed by atoms with E-state index in [0.717, 1.165) is 17.7 Å². The number of hydrogen-bond donors (Lipinski definition) is 2. The van der Waals surface area contributed by atoms with Crippen LogP contribution in [0.5, 0.6) is 0 Å². The molecule has 0 bridgehead atoms. The van der Waals surface area contributed by atoms with Crippen LogP contribution in [0.3, 0.4) is 0 Å². The molecular formula is C15H17N2O+. The first-order valence-corrected chi connectivity index (χ1v) is 6.00. The maximum absolute atomic E-state index is 11.4. The summed E-state index contributed by atoms with van der Waals surface area (Å²) in [7, 11) is 0. The molecule has 0 aliphatic heterocycles. The van der Waals surface area contributed by atoms with E-state index in [1.807, 2.05) is 42.5 Å². The summed E-state index contributed by atoms with van der Waals surface area (Å²) in [6.07, 6.45) is 0.814. The molecule has 0 saturated heterocycles. The predicted octanol–water partition coefficient (Wildman–Crippen LogP) is 1.46. The fourth-order valence-electron chi connectivity index (χ4n) is 1.82. The second-order valence-corrected chi connectivity index (χ2v) is 4.12. The van der Waals surface area contributed by atoms with E-state index < -0.39 is 0 Å². The highest BCUT2D eigenvalue weighted by Gasteiger charge is 2.06. The normalized spacial score (nSPS) is 10.1. The van der Waals surface area contributed by atoms with Crippen molar-refractivity contribution in [3.63, 3.8) is 0 Å². The number of carbonyl (C=O) groups is 1.